The zero-order valence-corrected chi connectivity index (χ0v) is 9.54. The second-order valence-electron chi connectivity index (χ2n) is 2.98. The molecule has 0 spiro atoms. The minimum absolute atomic E-state index is 0.0753. The van der Waals surface area contributed by atoms with E-state index < -0.39 is 11.8 Å². The predicted molar refractivity (Wildman–Crippen MR) is 58.4 cm³/mol. The molecule has 0 saturated heterocycles. The standard InChI is InChI=1S/C11H6BrF2NO/c12-8-5-4-7(13)6-9(8)16-11-3-1-2-10(14)15-11/h1-6H. The molecule has 0 atom stereocenters. The maximum absolute atomic E-state index is 12.9. The quantitative estimate of drug-likeness (QED) is 0.781. The largest absolute Gasteiger partial charge is 0.438 e. The molecule has 0 aliphatic rings. The normalized spacial score (nSPS) is 10.2. The highest BCUT2D eigenvalue weighted by Gasteiger charge is 2.05. The van der Waals surface area contributed by atoms with Crippen molar-refractivity contribution in [1.82, 2.24) is 4.98 Å². The Kier molecular flexibility index (Phi) is 3.14. The summed E-state index contributed by atoms with van der Waals surface area (Å²) in [5, 5.41) is 0. The van der Waals surface area contributed by atoms with Crippen LogP contribution in [-0.2, 0) is 0 Å². The Morgan fingerprint density at radius 1 is 1.12 bits per heavy atom. The summed E-state index contributed by atoms with van der Waals surface area (Å²) in [5.41, 5.74) is 0. The summed E-state index contributed by atoms with van der Waals surface area (Å²) in [4.78, 5) is 3.51. The number of benzene rings is 1. The van der Waals surface area contributed by atoms with Crippen molar-refractivity contribution in [3.63, 3.8) is 0 Å². The Morgan fingerprint density at radius 3 is 2.69 bits per heavy atom. The second kappa shape index (κ2) is 4.57. The molecule has 0 aliphatic carbocycles. The molecule has 82 valence electrons. The molecule has 0 unspecified atom stereocenters. The summed E-state index contributed by atoms with van der Waals surface area (Å²) in [7, 11) is 0. The third kappa shape index (κ3) is 2.55. The Hall–Kier alpha value is -1.49. The van der Waals surface area contributed by atoms with E-state index in [2.05, 4.69) is 20.9 Å². The monoisotopic (exact) mass is 285 g/mol. The van der Waals surface area contributed by atoms with Crippen molar-refractivity contribution in [2.45, 2.75) is 0 Å². The summed E-state index contributed by atoms with van der Waals surface area (Å²) >= 11 is 3.19. The highest BCUT2D eigenvalue weighted by atomic mass is 79.9. The minimum atomic E-state index is -0.648. The van der Waals surface area contributed by atoms with Gasteiger partial charge in [0.15, 0.2) is 0 Å². The van der Waals surface area contributed by atoms with E-state index in [0.717, 1.165) is 0 Å². The maximum atomic E-state index is 12.9. The van der Waals surface area contributed by atoms with Gasteiger partial charge in [-0.15, -0.1) is 0 Å². The number of halogens is 3. The minimum Gasteiger partial charge on any atom is -0.438 e. The molecule has 2 rings (SSSR count). The topological polar surface area (TPSA) is 22.1 Å². The summed E-state index contributed by atoms with van der Waals surface area (Å²) in [6.07, 6.45) is 0. The molecule has 0 N–H and O–H groups in total. The van der Waals surface area contributed by atoms with Gasteiger partial charge in [0, 0.05) is 12.1 Å². The number of ether oxygens (including phenoxy) is 1. The fraction of sp³-hybridized carbons (Fsp3) is 0. The average molecular weight is 286 g/mol. The third-order valence-electron chi connectivity index (χ3n) is 1.80. The van der Waals surface area contributed by atoms with Crippen LogP contribution in [0.4, 0.5) is 8.78 Å². The first-order chi connectivity index (χ1) is 7.65. The number of hydrogen-bond donors (Lipinski definition) is 0. The zero-order chi connectivity index (χ0) is 11.5. The molecule has 16 heavy (non-hydrogen) atoms. The SMILES string of the molecule is Fc1ccc(Br)c(Oc2cccc(F)n2)c1. The highest BCUT2D eigenvalue weighted by Crippen LogP contribution is 2.29. The molecule has 0 radical (unpaired) electrons. The van der Waals surface area contributed by atoms with Crippen LogP contribution in [-0.4, -0.2) is 4.98 Å². The molecule has 0 saturated carbocycles. The lowest BCUT2D eigenvalue weighted by atomic mass is 10.3. The van der Waals surface area contributed by atoms with Gasteiger partial charge in [0.2, 0.25) is 11.8 Å². The number of nitrogens with zero attached hydrogens (tertiary/aromatic N) is 1. The average Bonchev–Trinajstić information content (AvgIpc) is 2.24. The lowest BCUT2D eigenvalue weighted by molar-refractivity contribution is 0.439. The number of hydrogen-bond acceptors (Lipinski definition) is 2. The Bertz CT molecular complexity index is 519. The Labute approximate surface area is 99.0 Å². The van der Waals surface area contributed by atoms with E-state index in [4.69, 9.17) is 4.74 Å². The fourth-order valence-corrected chi connectivity index (χ4v) is 1.44. The van der Waals surface area contributed by atoms with Gasteiger partial charge >= 0.3 is 0 Å². The van der Waals surface area contributed by atoms with Crippen molar-refractivity contribution in [2.75, 3.05) is 0 Å². The molecule has 1 aromatic heterocycles. The van der Waals surface area contributed by atoms with Crippen LogP contribution in [0.15, 0.2) is 40.9 Å². The number of pyridine rings is 1. The van der Waals surface area contributed by atoms with Crippen molar-refractivity contribution >= 4 is 15.9 Å². The van der Waals surface area contributed by atoms with Crippen LogP contribution in [0.2, 0.25) is 0 Å². The van der Waals surface area contributed by atoms with Gasteiger partial charge in [-0.3, -0.25) is 0 Å². The highest BCUT2D eigenvalue weighted by molar-refractivity contribution is 9.10. The predicted octanol–water partition coefficient (Wildman–Crippen LogP) is 3.91. The van der Waals surface area contributed by atoms with Crippen LogP contribution in [0.3, 0.4) is 0 Å². The van der Waals surface area contributed by atoms with Gasteiger partial charge in [-0.1, -0.05) is 6.07 Å². The molecular formula is C11H6BrF2NO. The molecule has 0 aliphatic heterocycles. The molecule has 0 bridgehead atoms. The van der Waals surface area contributed by atoms with Gasteiger partial charge in [-0.2, -0.15) is 9.37 Å². The molecule has 2 nitrogen and oxygen atoms in total. The lowest BCUT2D eigenvalue weighted by Gasteiger charge is -2.06. The van der Waals surface area contributed by atoms with Gasteiger partial charge in [0.05, 0.1) is 4.47 Å². The van der Waals surface area contributed by atoms with Crippen molar-refractivity contribution in [1.29, 1.82) is 0 Å². The van der Waals surface area contributed by atoms with Crippen molar-refractivity contribution in [3.05, 3.63) is 52.6 Å². The Balaban J connectivity index is 2.30. The summed E-state index contributed by atoms with van der Waals surface area (Å²) in [6.45, 7) is 0. The molecule has 5 heteroatoms. The number of rotatable bonds is 2. The Morgan fingerprint density at radius 2 is 1.94 bits per heavy atom. The van der Waals surface area contributed by atoms with Gasteiger partial charge in [0.1, 0.15) is 11.6 Å². The molecule has 0 amide bonds. The smallest absolute Gasteiger partial charge is 0.221 e. The fourth-order valence-electron chi connectivity index (χ4n) is 1.11. The third-order valence-corrected chi connectivity index (χ3v) is 2.45. The second-order valence-corrected chi connectivity index (χ2v) is 3.83. The molecule has 1 heterocycles. The summed E-state index contributed by atoms with van der Waals surface area (Å²) in [6, 6.07) is 8.13. The van der Waals surface area contributed by atoms with Crippen LogP contribution in [0.1, 0.15) is 0 Å². The van der Waals surface area contributed by atoms with E-state index in [-0.39, 0.29) is 11.6 Å². The first-order valence-electron chi connectivity index (χ1n) is 4.40. The van der Waals surface area contributed by atoms with Crippen LogP contribution < -0.4 is 4.74 Å². The van der Waals surface area contributed by atoms with Gasteiger partial charge in [-0.05, 0) is 34.1 Å². The van der Waals surface area contributed by atoms with E-state index in [1.54, 1.807) is 0 Å². The summed E-state index contributed by atoms with van der Waals surface area (Å²) in [5.74, 6) is -0.760. The van der Waals surface area contributed by atoms with Crippen molar-refractivity contribution < 1.29 is 13.5 Å². The first-order valence-corrected chi connectivity index (χ1v) is 5.20. The first kappa shape index (κ1) is 11.0. The van der Waals surface area contributed by atoms with Gasteiger partial charge in [-0.25, -0.2) is 4.39 Å². The lowest BCUT2D eigenvalue weighted by Crippen LogP contribution is -1.91. The van der Waals surface area contributed by atoms with Crippen LogP contribution in [0.5, 0.6) is 11.6 Å². The number of aromatic nitrogens is 1. The van der Waals surface area contributed by atoms with Crippen LogP contribution >= 0.6 is 15.9 Å². The van der Waals surface area contributed by atoms with E-state index in [9.17, 15) is 8.78 Å². The summed E-state index contributed by atoms with van der Waals surface area (Å²) < 4.78 is 31.5. The molecule has 1 aromatic carbocycles. The zero-order valence-electron chi connectivity index (χ0n) is 7.95. The van der Waals surface area contributed by atoms with Crippen LogP contribution in [0.25, 0.3) is 0 Å². The maximum Gasteiger partial charge on any atom is 0.221 e. The molecule has 2 aromatic rings. The molecule has 0 fully saturated rings. The molecular weight excluding hydrogens is 280 g/mol. The van der Waals surface area contributed by atoms with E-state index in [1.807, 2.05) is 0 Å². The van der Waals surface area contributed by atoms with Crippen LogP contribution in [0, 0.1) is 11.8 Å². The van der Waals surface area contributed by atoms with E-state index >= 15 is 0 Å². The van der Waals surface area contributed by atoms with Crippen molar-refractivity contribution in [2.24, 2.45) is 0 Å². The van der Waals surface area contributed by atoms with Gasteiger partial charge < -0.3 is 4.74 Å². The van der Waals surface area contributed by atoms with E-state index in [0.29, 0.717) is 4.47 Å². The van der Waals surface area contributed by atoms with Gasteiger partial charge in [0.25, 0.3) is 0 Å². The van der Waals surface area contributed by atoms with Crippen molar-refractivity contribution in [3.8, 4) is 11.6 Å². The van der Waals surface area contributed by atoms with E-state index in [1.165, 1.54) is 36.4 Å².